The van der Waals surface area contributed by atoms with Gasteiger partial charge >= 0.3 is 0 Å². The van der Waals surface area contributed by atoms with Crippen molar-refractivity contribution < 1.29 is 0 Å². The van der Waals surface area contributed by atoms with Gasteiger partial charge in [0.25, 0.3) is 0 Å². The molecule has 1 aliphatic rings. The number of rotatable bonds is 4. The predicted molar refractivity (Wildman–Crippen MR) is 91.3 cm³/mol. The Kier molecular flexibility index (Phi) is 4.68. The van der Waals surface area contributed by atoms with E-state index in [1.165, 1.54) is 5.56 Å². The van der Waals surface area contributed by atoms with Gasteiger partial charge in [-0.15, -0.1) is 0 Å². The zero-order valence-corrected chi connectivity index (χ0v) is 13.5. The standard InChI is InChI=1S/C18H24N4/c1-3-6-15-13-17(22-11-9-19-10-12-22)21-18(20-15)16-8-5-4-7-14(16)2/h4-5,7-8,13,19H,3,6,9-12H2,1-2H3. The Bertz CT molecular complexity index is 633. The minimum absolute atomic E-state index is 0.859. The topological polar surface area (TPSA) is 41.0 Å². The van der Waals surface area contributed by atoms with E-state index in [1.807, 2.05) is 0 Å². The van der Waals surface area contributed by atoms with Crippen molar-refractivity contribution in [2.75, 3.05) is 31.1 Å². The molecule has 0 radical (unpaired) electrons. The molecule has 1 fully saturated rings. The average Bonchev–Trinajstić information content (AvgIpc) is 2.56. The molecular formula is C18H24N4. The van der Waals surface area contributed by atoms with E-state index < -0.39 is 0 Å². The first kappa shape index (κ1) is 15.0. The van der Waals surface area contributed by atoms with E-state index in [0.29, 0.717) is 0 Å². The van der Waals surface area contributed by atoms with Gasteiger partial charge < -0.3 is 10.2 Å². The molecule has 2 heterocycles. The zero-order valence-electron chi connectivity index (χ0n) is 13.5. The summed E-state index contributed by atoms with van der Waals surface area (Å²) in [7, 11) is 0. The highest BCUT2D eigenvalue weighted by Crippen LogP contribution is 2.23. The van der Waals surface area contributed by atoms with Gasteiger partial charge in [-0.05, 0) is 18.9 Å². The first-order chi connectivity index (χ1) is 10.8. The van der Waals surface area contributed by atoms with Gasteiger partial charge in [-0.25, -0.2) is 9.97 Å². The summed E-state index contributed by atoms with van der Waals surface area (Å²) in [5.74, 6) is 1.93. The molecule has 4 nitrogen and oxygen atoms in total. The van der Waals surface area contributed by atoms with Crippen LogP contribution in [0, 0.1) is 6.92 Å². The van der Waals surface area contributed by atoms with Crippen molar-refractivity contribution in [3.05, 3.63) is 41.6 Å². The number of nitrogens with zero attached hydrogens (tertiary/aromatic N) is 3. The Morgan fingerprint density at radius 1 is 1.14 bits per heavy atom. The third-order valence-corrected chi connectivity index (χ3v) is 4.10. The lowest BCUT2D eigenvalue weighted by Crippen LogP contribution is -2.44. The average molecular weight is 296 g/mol. The zero-order chi connectivity index (χ0) is 15.4. The van der Waals surface area contributed by atoms with E-state index in [4.69, 9.17) is 9.97 Å². The number of hydrogen-bond donors (Lipinski definition) is 1. The van der Waals surface area contributed by atoms with Crippen LogP contribution in [0.1, 0.15) is 24.6 Å². The van der Waals surface area contributed by atoms with Crippen molar-refractivity contribution in [3.8, 4) is 11.4 Å². The summed E-state index contributed by atoms with van der Waals surface area (Å²) in [5.41, 5.74) is 3.50. The summed E-state index contributed by atoms with van der Waals surface area (Å²) in [6.07, 6.45) is 2.10. The lowest BCUT2D eigenvalue weighted by molar-refractivity contribution is 0.584. The number of anilines is 1. The van der Waals surface area contributed by atoms with Gasteiger partial charge in [-0.2, -0.15) is 0 Å². The summed E-state index contributed by atoms with van der Waals surface area (Å²) >= 11 is 0. The summed E-state index contributed by atoms with van der Waals surface area (Å²) in [6.45, 7) is 8.38. The summed E-state index contributed by atoms with van der Waals surface area (Å²) in [4.78, 5) is 12.0. The first-order valence-corrected chi connectivity index (χ1v) is 8.17. The maximum absolute atomic E-state index is 4.86. The fraction of sp³-hybridized carbons (Fsp3) is 0.444. The van der Waals surface area contributed by atoms with E-state index in [2.05, 4.69) is 54.4 Å². The highest BCUT2D eigenvalue weighted by atomic mass is 15.2. The highest BCUT2D eigenvalue weighted by Gasteiger charge is 2.15. The molecule has 2 aromatic rings. The van der Waals surface area contributed by atoms with Gasteiger partial charge in [0.1, 0.15) is 5.82 Å². The minimum Gasteiger partial charge on any atom is -0.354 e. The van der Waals surface area contributed by atoms with Gasteiger partial charge in [-0.1, -0.05) is 37.6 Å². The second-order valence-electron chi connectivity index (χ2n) is 5.84. The van der Waals surface area contributed by atoms with E-state index in [9.17, 15) is 0 Å². The SMILES string of the molecule is CCCc1cc(N2CCNCC2)nc(-c2ccccc2C)n1. The summed E-state index contributed by atoms with van der Waals surface area (Å²) < 4.78 is 0. The smallest absolute Gasteiger partial charge is 0.162 e. The Balaban J connectivity index is 2.02. The Hall–Kier alpha value is -1.94. The van der Waals surface area contributed by atoms with Crippen molar-refractivity contribution in [2.45, 2.75) is 26.7 Å². The highest BCUT2D eigenvalue weighted by molar-refractivity contribution is 5.62. The number of piperazine rings is 1. The van der Waals surface area contributed by atoms with Crippen LogP contribution in [0.2, 0.25) is 0 Å². The molecule has 0 atom stereocenters. The number of aryl methyl sites for hydroxylation is 2. The van der Waals surface area contributed by atoms with Gasteiger partial charge in [0.05, 0.1) is 0 Å². The Labute approximate surface area is 132 Å². The second-order valence-corrected chi connectivity index (χ2v) is 5.84. The Morgan fingerprint density at radius 3 is 2.64 bits per heavy atom. The lowest BCUT2D eigenvalue weighted by Gasteiger charge is -2.29. The third-order valence-electron chi connectivity index (χ3n) is 4.10. The van der Waals surface area contributed by atoms with Crippen LogP contribution < -0.4 is 10.2 Å². The van der Waals surface area contributed by atoms with E-state index in [-0.39, 0.29) is 0 Å². The van der Waals surface area contributed by atoms with Crippen molar-refractivity contribution >= 4 is 5.82 Å². The number of nitrogens with one attached hydrogen (secondary N) is 1. The number of hydrogen-bond acceptors (Lipinski definition) is 4. The summed E-state index contributed by atoms with van der Waals surface area (Å²) in [6, 6.07) is 10.5. The van der Waals surface area contributed by atoms with Crippen molar-refractivity contribution in [3.63, 3.8) is 0 Å². The molecule has 0 unspecified atom stereocenters. The molecule has 1 aromatic heterocycles. The van der Waals surface area contributed by atoms with E-state index >= 15 is 0 Å². The lowest BCUT2D eigenvalue weighted by atomic mass is 10.1. The molecule has 0 spiro atoms. The van der Waals surface area contributed by atoms with Crippen LogP contribution in [0.4, 0.5) is 5.82 Å². The monoisotopic (exact) mass is 296 g/mol. The molecule has 0 aliphatic carbocycles. The van der Waals surface area contributed by atoms with Crippen LogP contribution in [-0.2, 0) is 6.42 Å². The van der Waals surface area contributed by atoms with E-state index in [1.54, 1.807) is 0 Å². The van der Waals surface area contributed by atoms with Crippen LogP contribution in [0.25, 0.3) is 11.4 Å². The minimum atomic E-state index is 0.859. The van der Waals surface area contributed by atoms with Crippen LogP contribution >= 0.6 is 0 Å². The molecular weight excluding hydrogens is 272 g/mol. The molecule has 22 heavy (non-hydrogen) atoms. The molecule has 4 heteroatoms. The molecule has 0 amide bonds. The fourth-order valence-corrected chi connectivity index (χ4v) is 2.87. The normalized spacial score (nSPS) is 15.1. The quantitative estimate of drug-likeness (QED) is 0.942. The van der Waals surface area contributed by atoms with E-state index in [0.717, 1.165) is 61.9 Å². The molecule has 116 valence electrons. The largest absolute Gasteiger partial charge is 0.354 e. The maximum atomic E-state index is 4.86. The predicted octanol–water partition coefficient (Wildman–Crippen LogP) is 2.81. The van der Waals surface area contributed by atoms with Crippen LogP contribution in [-0.4, -0.2) is 36.1 Å². The first-order valence-electron chi connectivity index (χ1n) is 8.17. The second kappa shape index (κ2) is 6.88. The molecule has 1 saturated heterocycles. The molecule has 0 bridgehead atoms. The van der Waals surface area contributed by atoms with Gasteiger partial charge in [0.2, 0.25) is 0 Å². The maximum Gasteiger partial charge on any atom is 0.162 e. The Morgan fingerprint density at radius 2 is 1.91 bits per heavy atom. The molecule has 0 saturated carbocycles. The fourth-order valence-electron chi connectivity index (χ4n) is 2.87. The van der Waals surface area contributed by atoms with Gasteiger partial charge in [0.15, 0.2) is 5.82 Å². The van der Waals surface area contributed by atoms with Gasteiger partial charge in [0, 0.05) is 43.5 Å². The van der Waals surface area contributed by atoms with Crippen molar-refractivity contribution in [2.24, 2.45) is 0 Å². The molecule has 3 rings (SSSR count). The van der Waals surface area contributed by atoms with Crippen LogP contribution in [0.3, 0.4) is 0 Å². The third kappa shape index (κ3) is 3.28. The van der Waals surface area contributed by atoms with Crippen LogP contribution in [0.5, 0.6) is 0 Å². The number of benzene rings is 1. The van der Waals surface area contributed by atoms with Crippen molar-refractivity contribution in [1.29, 1.82) is 0 Å². The summed E-state index contributed by atoms with van der Waals surface area (Å²) in [5, 5.41) is 3.39. The molecule has 1 N–H and O–H groups in total. The number of aromatic nitrogens is 2. The van der Waals surface area contributed by atoms with Crippen molar-refractivity contribution in [1.82, 2.24) is 15.3 Å². The molecule has 1 aliphatic heterocycles. The van der Waals surface area contributed by atoms with Crippen LogP contribution in [0.15, 0.2) is 30.3 Å². The van der Waals surface area contributed by atoms with Gasteiger partial charge in [-0.3, -0.25) is 0 Å². The molecule has 1 aromatic carbocycles.